The van der Waals surface area contributed by atoms with E-state index in [0.29, 0.717) is 13.2 Å². The quantitative estimate of drug-likeness (QED) is 0.644. The Hall–Kier alpha value is -0.570. The summed E-state index contributed by atoms with van der Waals surface area (Å²) in [5.74, 6) is -0.0922. The SMILES string of the molecule is CCOC(=O)C(CC)(CC)CCN. The largest absolute Gasteiger partial charge is 0.466 e. The molecule has 0 aromatic carbocycles. The van der Waals surface area contributed by atoms with Crippen molar-refractivity contribution in [2.75, 3.05) is 13.2 Å². The highest BCUT2D eigenvalue weighted by Crippen LogP contribution is 2.31. The van der Waals surface area contributed by atoms with Gasteiger partial charge in [0.1, 0.15) is 0 Å². The highest BCUT2D eigenvalue weighted by atomic mass is 16.5. The first-order valence-corrected chi connectivity index (χ1v) is 5.04. The van der Waals surface area contributed by atoms with Crippen molar-refractivity contribution in [2.45, 2.75) is 40.0 Å². The second kappa shape index (κ2) is 5.97. The van der Waals surface area contributed by atoms with Crippen LogP contribution in [0.15, 0.2) is 0 Å². The number of carbonyl (C=O) groups excluding carboxylic acids is 1. The molecule has 0 rings (SSSR count). The molecule has 0 aromatic heterocycles. The van der Waals surface area contributed by atoms with Gasteiger partial charge in [0, 0.05) is 0 Å². The summed E-state index contributed by atoms with van der Waals surface area (Å²) in [5.41, 5.74) is 5.15. The van der Waals surface area contributed by atoms with E-state index < -0.39 is 0 Å². The molecule has 0 heterocycles. The van der Waals surface area contributed by atoms with Gasteiger partial charge >= 0.3 is 5.97 Å². The van der Waals surface area contributed by atoms with Crippen molar-refractivity contribution in [2.24, 2.45) is 11.1 Å². The Kier molecular flexibility index (Phi) is 5.71. The summed E-state index contributed by atoms with van der Waals surface area (Å²) >= 11 is 0. The lowest BCUT2D eigenvalue weighted by Crippen LogP contribution is -2.34. The van der Waals surface area contributed by atoms with E-state index in [4.69, 9.17) is 10.5 Å². The molecule has 3 heteroatoms. The van der Waals surface area contributed by atoms with Crippen LogP contribution in [0.3, 0.4) is 0 Å². The van der Waals surface area contributed by atoms with Crippen LogP contribution in [0.25, 0.3) is 0 Å². The molecule has 3 nitrogen and oxygen atoms in total. The summed E-state index contributed by atoms with van der Waals surface area (Å²) in [6.07, 6.45) is 2.33. The van der Waals surface area contributed by atoms with Gasteiger partial charge in [0.2, 0.25) is 0 Å². The van der Waals surface area contributed by atoms with E-state index in [1.165, 1.54) is 0 Å². The zero-order chi connectivity index (χ0) is 10.3. The molecule has 2 N–H and O–H groups in total. The maximum Gasteiger partial charge on any atom is 0.312 e. The fourth-order valence-corrected chi connectivity index (χ4v) is 1.55. The molecule has 78 valence electrons. The van der Waals surface area contributed by atoms with Crippen LogP contribution in [0.2, 0.25) is 0 Å². The van der Waals surface area contributed by atoms with Crippen molar-refractivity contribution < 1.29 is 9.53 Å². The van der Waals surface area contributed by atoms with Crippen molar-refractivity contribution in [1.29, 1.82) is 0 Å². The third-order valence-corrected chi connectivity index (χ3v) is 2.68. The Morgan fingerprint density at radius 2 is 1.85 bits per heavy atom. The fraction of sp³-hybridized carbons (Fsp3) is 0.900. The van der Waals surface area contributed by atoms with E-state index in [1.807, 2.05) is 20.8 Å². The maximum absolute atomic E-state index is 11.6. The van der Waals surface area contributed by atoms with Gasteiger partial charge in [-0.2, -0.15) is 0 Å². The molecule has 0 saturated carbocycles. The maximum atomic E-state index is 11.6. The van der Waals surface area contributed by atoms with E-state index >= 15 is 0 Å². The molecule has 13 heavy (non-hydrogen) atoms. The van der Waals surface area contributed by atoms with Crippen molar-refractivity contribution >= 4 is 5.97 Å². The summed E-state index contributed by atoms with van der Waals surface area (Å²) in [6, 6.07) is 0. The van der Waals surface area contributed by atoms with Crippen molar-refractivity contribution in [3.8, 4) is 0 Å². The first-order valence-electron chi connectivity index (χ1n) is 5.04. The lowest BCUT2D eigenvalue weighted by atomic mass is 9.79. The van der Waals surface area contributed by atoms with Gasteiger partial charge in [-0.3, -0.25) is 4.79 Å². The monoisotopic (exact) mass is 187 g/mol. The molecule has 0 unspecified atom stereocenters. The molecule has 0 aromatic rings. The van der Waals surface area contributed by atoms with Crippen LogP contribution in [0, 0.1) is 5.41 Å². The van der Waals surface area contributed by atoms with E-state index in [-0.39, 0.29) is 11.4 Å². The zero-order valence-electron chi connectivity index (χ0n) is 8.93. The van der Waals surface area contributed by atoms with Crippen LogP contribution in [0.1, 0.15) is 40.0 Å². The second-order valence-corrected chi connectivity index (χ2v) is 3.25. The minimum atomic E-state index is -0.342. The molecular formula is C10H21NO2. The number of carbonyl (C=O) groups is 1. The molecular weight excluding hydrogens is 166 g/mol. The van der Waals surface area contributed by atoms with Gasteiger partial charge in [0.05, 0.1) is 12.0 Å². The second-order valence-electron chi connectivity index (χ2n) is 3.25. The normalized spacial score (nSPS) is 11.4. The average molecular weight is 187 g/mol. The molecule has 0 aliphatic heterocycles. The molecule has 0 aliphatic rings. The van der Waals surface area contributed by atoms with Gasteiger partial charge in [-0.05, 0) is 32.7 Å². The predicted octanol–water partition coefficient (Wildman–Crippen LogP) is 1.70. The van der Waals surface area contributed by atoms with Crippen LogP contribution < -0.4 is 5.73 Å². The summed E-state index contributed by atoms with van der Waals surface area (Å²) in [6.45, 7) is 6.84. The summed E-state index contributed by atoms with van der Waals surface area (Å²) in [5, 5.41) is 0. The molecule has 0 saturated heterocycles. The van der Waals surface area contributed by atoms with Gasteiger partial charge in [-0.25, -0.2) is 0 Å². The van der Waals surface area contributed by atoms with E-state index in [1.54, 1.807) is 0 Å². The Morgan fingerprint density at radius 1 is 1.31 bits per heavy atom. The molecule has 0 fully saturated rings. The average Bonchev–Trinajstić information content (AvgIpc) is 2.14. The molecule has 0 aliphatic carbocycles. The first kappa shape index (κ1) is 12.4. The Morgan fingerprint density at radius 3 is 2.15 bits per heavy atom. The zero-order valence-corrected chi connectivity index (χ0v) is 8.93. The highest BCUT2D eigenvalue weighted by Gasteiger charge is 2.35. The predicted molar refractivity (Wildman–Crippen MR) is 53.3 cm³/mol. The molecule has 0 atom stereocenters. The number of nitrogens with two attached hydrogens (primary N) is 1. The number of ether oxygens (including phenoxy) is 1. The van der Waals surface area contributed by atoms with Crippen molar-refractivity contribution in [1.82, 2.24) is 0 Å². The number of hydrogen-bond donors (Lipinski definition) is 1. The lowest BCUT2D eigenvalue weighted by molar-refractivity contribution is -0.156. The summed E-state index contributed by atoms with van der Waals surface area (Å²) < 4.78 is 5.05. The van der Waals surface area contributed by atoms with Gasteiger partial charge in [-0.15, -0.1) is 0 Å². The fourth-order valence-electron chi connectivity index (χ4n) is 1.55. The van der Waals surface area contributed by atoms with Crippen LogP contribution >= 0.6 is 0 Å². The smallest absolute Gasteiger partial charge is 0.312 e. The third-order valence-electron chi connectivity index (χ3n) is 2.68. The topological polar surface area (TPSA) is 52.3 Å². The van der Waals surface area contributed by atoms with Gasteiger partial charge < -0.3 is 10.5 Å². The molecule has 0 radical (unpaired) electrons. The van der Waals surface area contributed by atoms with Crippen LogP contribution in [-0.2, 0) is 9.53 Å². The van der Waals surface area contributed by atoms with E-state index in [0.717, 1.165) is 19.3 Å². The van der Waals surface area contributed by atoms with Gasteiger partial charge in [0.25, 0.3) is 0 Å². The first-order chi connectivity index (χ1) is 6.16. The number of hydrogen-bond acceptors (Lipinski definition) is 3. The Labute approximate surface area is 80.6 Å². The van der Waals surface area contributed by atoms with Crippen molar-refractivity contribution in [3.05, 3.63) is 0 Å². The lowest BCUT2D eigenvalue weighted by Gasteiger charge is -2.28. The standard InChI is InChI=1S/C10H21NO2/c1-4-10(5-2,7-8-11)9(12)13-6-3/h4-8,11H2,1-3H3. The number of rotatable bonds is 6. The van der Waals surface area contributed by atoms with E-state index in [9.17, 15) is 4.79 Å². The van der Waals surface area contributed by atoms with Crippen LogP contribution in [-0.4, -0.2) is 19.1 Å². The highest BCUT2D eigenvalue weighted by molar-refractivity contribution is 5.76. The minimum Gasteiger partial charge on any atom is -0.466 e. The Balaban J connectivity index is 4.43. The molecule has 0 bridgehead atoms. The summed E-state index contributed by atoms with van der Waals surface area (Å²) in [4.78, 5) is 11.6. The summed E-state index contributed by atoms with van der Waals surface area (Å²) in [7, 11) is 0. The van der Waals surface area contributed by atoms with Crippen molar-refractivity contribution in [3.63, 3.8) is 0 Å². The van der Waals surface area contributed by atoms with Gasteiger partial charge in [0.15, 0.2) is 0 Å². The van der Waals surface area contributed by atoms with E-state index in [2.05, 4.69) is 0 Å². The Bertz CT molecular complexity index is 153. The molecule has 0 spiro atoms. The van der Waals surface area contributed by atoms with Gasteiger partial charge in [-0.1, -0.05) is 13.8 Å². The van der Waals surface area contributed by atoms with Crippen LogP contribution in [0.4, 0.5) is 0 Å². The third kappa shape index (κ3) is 2.99. The molecule has 0 amide bonds. The number of esters is 1. The van der Waals surface area contributed by atoms with Crippen LogP contribution in [0.5, 0.6) is 0 Å². The minimum absolute atomic E-state index is 0.0922.